The minimum Gasteiger partial charge on any atom is -0.375 e. The third-order valence-electron chi connectivity index (χ3n) is 4.70. The minimum atomic E-state index is 0.0644. The molecule has 2 rings (SSSR count). The summed E-state index contributed by atoms with van der Waals surface area (Å²) in [7, 11) is 0. The zero-order valence-corrected chi connectivity index (χ0v) is 11.8. The van der Waals surface area contributed by atoms with Crippen molar-refractivity contribution in [3.8, 4) is 0 Å². The van der Waals surface area contributed by atoms with Crippen molar-refractivity contribution in [3.05, 3.63) is 0 Å². The van der Waals surface area contributed by atoms with Gasteiger partial charge in [0.05, 0.1) is 12.1 Å². The molecule has 1 saturated heterocycles. The van der Waals surface area contributed by atoms with Crippen molar-refractivity contribution in [1.29, 1.82) is 0 Å². The Morgan fingerprint density at radius 3 is 2.83 bits per heavy atom. The van der Waals surface area contributed by atoms with E-state index in [1.165, 1.54) is 12.8 Å². The van der Waals surface area contributed by atoms with Crippen LogP contribution in [0.3, 0.4) is 0 Å². The molecule has 3 nitrogen and oxygen atoms in total. The van der Waals surface area contributed by atoms with Gasteiger partial charge < -0.3 is 10.1 Å². The summed E-state index contributed by atoms with van der Waals surface area (Å²) >= 11 is 0. The maximum Gasteiger partial charge on any atom is 0.149 e. The molecule has 1 saturated carbocycles. The number of Topliss-reactive ketones (excluding diaryl/α,β-unsaturated/α-hetero) is 1. The summed E-state index contributed by atoms with van der Waals surface area (Å²) < 4.78 is 5.98. The first-order valence-corrected chi connectivity index (χ1v) is 7.55. The molecule has 2 atom stereocenters. The second-order valence-electron chi connectivity index (χ2n) is 6.08. The first-order chi connectivity index (χ1) is 8.65. The summed E-state index contributed by atoms with van der Waals surface area (Å²) in [5, 5.41) is 3.32. The first kappa shape index (κ1) is 14.0. The van der Waals surface area contributed by atoms with Gasteiger partial charge in [0.2, 0.25) is 0 Å². The lowest BCUT2D eigenvalue weighted by Crippen LogP contribution is -2.42. The third kappa shape index (κ3) is 3.33. The van der Waals surface area contributed by atoms with Gasteiger partial charge in [-0.3, -0.25) is 4.79 Å². The Hall–Kier alpha value is -0.410. The lowest BCUT2D eigenvalue weighted by molar-refractivity contribution is -0.135. The highest BCUT2D eigenvalue weighted by Crippen LogP contribution is 2.42. The van der Waals surface area contributed by atoms with E-state index in [4.69, 9.17) is 4.74 Å². The molecule has 18 heavy (non-hydrogen) atoms. The highest BCUT2D eigenvalue weighted by atomic mass is 16.5. The SMILES string of the molecule is CCC(C)NCC(=O)C1CCOC2(CCCC2)C1. The number of hydrogen-bond donors (Lipinski definition) is 1. The predicted molar refractivity (Wildman–Crippen MR) is 72.6 cm³/mol. The van der Waals surface area contributed by atoms with E-state index < -0.39 is 0 Å². The van der Waals surface area contributed by atoms with Crippen molar-refractivity contribution in [2.75, 3.05) is 13.2 Å². The molecule has 0 amide bonds. The van der Waals surface area contributed by atoms with Crippen LogP contribution in [0.4, 0.5) is 0 Å². The van der Waals surface area contributed by atoms with Gasteiger partial charge in [0.1, 0.15) is 5.78 Å². The van der Waals surface area contributed by atoms with E-state index in [9.17, 15) is 4.79 Å². The molecule has 1 aliphatic carbocycles. The molecule has 0 bridgehead atoms. The zero-order chi connectivity index (χ0) is 13.0. The maximum absolute atomic E-state index is 12.2. The van der Waals surface area contributed by atoms with Gasteiger partial charge >= 0.3 is 0 Å². The van der Waals surface area contributed by atoms with Crippen molar-refractivity contribution in [2.45, 2.75) is 70.4 Å². The molecule has 2 unspecified atom stereocenters. The van der Waals surface area contributed by atoms with Crippen molar-refractivity contribution in [3.63, 3.8) is 0 Å². The van der Waals surface area contributed by atoms with Crippen LogP contribution in [0.15, 0.2) is 0 Å². The molecule has 0 aromatic heterocycles. The molecule has 2 aliphatic rings. The van der Waals surface area contributed by atoms with Gasteiger partial charge in [0, 0.05) is 18.6 Å². The second-order valence-corrected chi connectivity index (χ2v) is 6.08. The van der Waals surface area contributed by atoms with Crippen molar-refractivity contribution < 1.29 is 9.53 Å². The average Bonchev–Trinajstić information content (AvgIpc) is 2.83. The summed E-state index contributed by atoms with van der Waals surface area (Å²) in [5.41, 5.74) is 0.0644. The normalized spacial score (nSPS) is 28.4. The standard InChI is InChI=1S/C15H27NO2/c1-3-12(2)16-11-14(17)13-6-9-18-15(10-13)7-4-5-8-15/h12-13,16H,3-11H2,1-2H3. The van der Waals surface area contributed by atoms with Gasteiger partial charge in [0.25, 0.3) is 0 Å². The Kier molecular flexibility index (Phi) is 4.79. The van der Waals surface area contributed by atoms with Gasteiger partial charge in [-0.05, 0) is 39.0 Å². The smallest absolute Gasteiger partial charge is 0.149 e. The van der Waals surface area contributed by atoms with E-state index in [2.05, 4.69) is 19.2 Å². The lowest BCUT2D eigenvalue weighted by Gasteiger charge is -2.37. The molecule has 1 aliphatic heterocycles. The van der Waals surface area contributed by atoms with Gasteiger partial charge in [-0.25, -0.2) is 0 Å². The Balaban J connectivity index is 1.82. The molecule has 1 spiro atoms. The molecule has 0 aromatic rings. The van der Waals surface area contributed by atoms with Crippen molar-refractivity contribution in [1.82, 2.24) is 5.32 Å². The van der Waals surface area contributed by atoms with E-state index in [1.54, 1.807) is 0 Å². The second kappa shape index (κ2) is 6.16. The Morgan fingerprint density at radius 2 is 2.17 bits per heavy atom. The topological polar surface area (TPSA) is 38.3 Å². The largest absolute Gasteiger partial charge is 0.375 e. The predicted octanol–water partition coefficient (Wildman–Crippen LogP) is 2.68. The van der Waals surface area contributed by atoms with Crippen LogP contribution in [0.25, 0.3) is 0 Å². The highest BCUT2D eigenvalue weighted by molar-refractivity contribution is 5.83. The van der Waals surface area contributed by atoms with Crippen LogP contribution in [-0.4, -0.2) is 30.6 Å². The Labute approximate surface area is 111 Å². The van der Waals surface area contributed by atoms with Gasteiger partial charge in [-0.15, -0.1) is 0 Å². The van der Waals surface area contributed by atoms with Crippen LogP contribution in [0.2, 0.25) is 0 Å². The van der Waals surface area contributed by atoms with Crippen molar-refractivity contribution >= 4 is 5.78 Å². The van der Waals surface area contributed by atoms with Gasteiger partial charge in [0.15, 0.2) is 0 Å². The van der Waals surface area contributed by atoms with E-state index >= 15 is 0 Å². The number of ether oxygens (including phenoxy) is 1. The molecule has 2 fully saturated rings. The molecule has 0 aromatic carbocycles. The minimum absolute atomic E-state index is 0.0644. The number of rotatable bonds is 5. The number of carbonyl (C=O) groups is 1. The van der Waals surface area contributed by atoms with Gasteiger partial charge in [-0.1, -0.05) is 19.8 Å². The van der Waals surface area contributed by atoms with E-state index in [0.29, 0.717) is 18.4 Å². The Morgan fingerprint density at radius 1 is 1.44 bits per heavy atom. The number of carbonyl (C=O) groups excluding carboxylic acids is 1. The highest BCUT2D eigenvalue weighted by Gasteiger charge is 2.41. The molecule has 0 radical (unpaired) electrons. The van der Waals surface area contributed by atoms with Crippen LogP contribution in [0, 0.1) is 5.92 Å². The summed E-state index contributed by atoms with van der Waals surface area (Å²) in [5.74, 6) is 0.623. The number of ketones is 1. The van der Waals surface area contributed by atoms with E-state index in [-0.39, 0.29) is 11.5 Å². The fourth-order valence-corrected chi connectivity index (χ4v) is 3.23. The summed E-state index contributed by atoms with van der Waals surface area (Å²) in [4.78, 5) is 12.2. The monoisotopic (exact) mass is 253 g/mol. The molecular weight excluding hydrogens is 226 g/mol. The summed E-state index contributed by atoms with van der Waals surface area (Å²) in [6.07, 6.45) is 7.82. The maximum atomic E-state index is 12.2. The lowest BCUT2D eigenvalue weighted by atomic mass is 9.82. The van der Waals surface area contributed by atoms with Gasteiger partial charge in [-0.2, -0.15) is 0 Å². The number of hydrogen-bond acceptors (Lipinski definition) is 3. The van der Waals surface area contributed by atoms with Crippen LogP contribution < -0.4 is 5.32 Å². The molecule has 104 valence electrons. The average molecular weight is 253 g/mol. The van der Waals surface area contributed by atoms with E-state index in [1.807, 2.05) is 0 Å². The number of nitrogens with one attached hydrogen (secondary N) is 1. The van der Waals surface area contributed by atoms with Crippen LogP contribution >= 0.6 is 0 Å². The molecule has 1 N–H and O–H groups in total. The quantitative estimate of drug-likeness (QED) is 0.818. The van der Waals surface area contributed by atoms with Crippen molar-refractivity contribution in [2.24, 2.45) is 5.92 Å². The zero-order valence-electron chi connectivity index (χ0n) is 11.8. The fourth-order valence-electron chi connectivity index (χ4n) is 3.23. The molecule has 1 heterocycles. The van der Waals surface area contributed by atoms with Crippen LogP contribution in [-0.2, 0) is 9.53 Å². The third-order valence-corrected chi connectivity index (χ3v) is 4.70. The van der Waals surface area contributed by atoms with E-state index in [0.717, 1.165) is 38.7 Å². The Bertz CT molecular complexity index is 284. The van der Waals surface area contributed by atoms with Crippen LogP contribution in [0.5, 0.6) is 0 Å². The summed E-state index contributed by atoms with van der Waals surface area (Å²) in [6, 6.07) is 0.439. The summed E-state index contributed by atoms with van der Waals surface area (Å²) in [6.45, 7) is 5.59. The fraction of sp³-hybridized carbons (Fsp3) is 0.933. The molecular formula is C15H27NO2. The first-order valence-electron chi connectivity index (χ1n) is 7.55. The van der Waals surface area contributed by atoms with Crippen LogP contribution in [0.1, 0.15) is 58.8 Å². The molecule has 3 heteroatoms.